The standard InChI is InChI=1S/C25H26N4O3/c1-3-8-20(9-4-1)16-29-24(19-30-18-21-10-5-2-6-11-21)26-27-25(29)28-13-15-32-23(17-28)22-12-7-14-31-22/h1-12,14,23H,13,15-19H2/t23-/m0/s1. The van der Waals surface area contributed by atoms with Crippen LogP contribution in [0.15, 0.2) is 83.5 Å². The summed E-state index contributed by atoms with van der Waals surface area (Å²) in [6.45, 7) is 3.60. The molecular weight excluding hydrogens is 404 g/mol. The Morgan fingerprint density at radius 2 is 1.66 bits per heavy atom. The molecule has 0 radical (unpaired) electrons. The molecule has 1 aliphatic heterocycles. The van der Waals surface area contributed by atoms with Gasteiger partial charge < -0.3 is 18.8 Å². The minimum absolute atomic E-state index is 0.126. The molecule has 164 valence electrons. The normalized spacial score (nSPS) is 16.4. The molecule has 0 spiro atoms. The molecule has 0 bridgehead atoms. The van der Waals surface area contributed by atoms with Gasteiger partial charge in [-0.15, -0.1) is 10.2 Å². The van der Waals surface area contributed by atoms with Crippen molar-refractivity contribution in [1.29, 1.82) is 0 Å². The molecule has 0 unspecified atom stereocenters. The average Bonchev–Trinajstić information content (AvgIpc) is 3.52. The number of hydrogen-bond donors (Lipinski definition) is 0. The van der Waals surface area contributed by atoms with Crippen LogP contribution in [0, 0.1) is 0 Å². The van der Waals surface area contributed by atoms with E-state index in [1.165, 1.54) is 5.56 Å². The van der Waals surface area contributed by atoms with Crippen LogP contribution in [0.25, 0.3) is 0 Å². The predicted octanol–water partition coefficient (Wildman–Crippen LogP) is 4.21. The number of morpholine rings is 1. The second kappa shape index (κ2) is 9.80. The lowest BCUT2D eigenvalue weighted by molar-refractivity contribution is 0.0250. The summed E-state index contributed by atoms with van der Waals surface area (Å²) in [5.74, 6) is 2.46. The highest BCUT2D eigenvalue weighted by atomic mass is 16.5. The molecule has 3 heterocycles. The Morgan fingerprint density at radius 1 is 0.875 bits per heavy atom. The van der Waals surface area contributed by atoms with Gasteiger partial charge in [0.2, 0.25) is 5.95 Å². The zero-order valence-corrected chi connectivity index (χ0v) is 17.8. The van der Waals surface area contributed by atoms with Gasteiger partial charge in [0.15, 0.2) is 5.82 Å². The van der Waals surface area contributed by atoms with Crippen molar-refractivity contribution in [3.05, 3.63) is 102 Å². The summed E-state index contributed by atoms with van der Waals surface area (Å²) in [4.78, 5) is 2.22. The van der Waals surface area contributed by atoms with Gasteiger partial charge >= 0.3 is 0 Å². The zero-order chi connectivity index (χ0) is 21.6. The molecule has 0 saturated carbocycles. The van der Waals surface area contributed by atoms with Crippen molar-refractivity contribution in [3.63, 3.8) is 0 Å². The number of ether oxygens (including phenoxy) is 2. The van der Waals surface area contributed by atoms with E-state index in [2.05, 4.69) is 43.9 Å². The molecule has 32 heavy (non-hydrogen) atoms. The number of aromatic nitrogens is 3. The van der Waals surface area contributed by atoms with Crippen LogP contribution in [0.2, 0.25) is 0 Å². The third-order valence-corrected chi connectivity index (χ3v) is 5.54. The van der Waals surface area contributed by atoms with Crippen LogP contribution in [-0.2, 0) is 29.2 Å². The molecule has 1 atom stereocenters. The maximum atomic E-state index is 5.98. The van der Waals surface area contributed by atoms with Gasteiger partial charge in [-0.2, -0.15) is 0 Å². The minimum atomic E-state index is -0.126. The van der Waals surface area contributed by atoms with Gasteiger partial charge in [0.1, 0.15) is 18.5 Å². The molecule has 2 aromatic carbocycles. The number of hydrogen-bond acceptors (Lipinski definition) is 6. The molecule has 5 rings (SSSR count). The van der Waals surface area contributed by atoms with Crippen LogP contribution < -0.4 is 4.90 Å². The SMILES string of the molecule is c1ccc(COCc2nnc(N3CCO[C@H](c4ccco4)C3)n2Cc2ccccc2)cc1. The summed E-state index contributed by atoms with van der Waals surface area (Å²) in [7, 11) is 0. The average molecular weight is 431 g/mol. The van der Waals surface area contributed by atoms with Crippen molar-refractivity contribution in [3.8, 4) is 0 Å². The van der Waals surface area contributed by atoms with Crippen molar-refractivity contribution in [2.45, 2.75) is 25.9 Å². The highest BCUT2D eigenvalue weighted by Crippen LogP contribution is 2.26. The van der Waals surface area contributed by atoms with E-state index in [-0.39, 0.29) is 6.10 Å². The summed E-state index contributed by atoms with van der Waals surface area (Å²) >= 11 is 0. The summed E-state index contributed by atoms with van der Waals surface area (Å²) in [5, 5.41) is 9.04. The molecular formula is C25H26N4O3. The van der Waals surface area contributed by atoms with E-state index in [4.69, 9.17) is 13.9 Å². The summed E-state index contributed by atoms with van der Waals surface area (Å²) in [6.07, 6.45) is 1.55. The van der Waals surface area contributed by atoms with Crippen LogP contribution in [0.1, 0.15) is 28.8 Å². The Labute approximate surface area is 187 Å². The van der Waals surface area contributed by atoms with E-state index in [0.29, 0.717) is 32.9 Å². The van der Waals surface area contributed by atoms with E-state index in [1.807, 2.05) is 48.5 Å². The third-order valence-electron chi connectivity index (χ3n) is 5.54. The number of anilines is 1. The molecule has 7 nitrogen and oxygen atoms in total. The smallest absolute Gasteiger partial charge is 0.227 e. The predicted molar refractivity (Wildman–Crippen MR) is 120 cm³/mol. The topological polar surface area (TPSA) is 65.6 Å². The van der Waals surface area contributed by atoms with E-state index < -0.39 is 0 Å². The van der Waals surface area contributed by atoms with Gasteiger partial charge in [0, 0.05) is 6.54 Å². The van der Waals surface area contributed by atoms with Crippen molar-refractivity contribution in [1.82, 2.24) is 14.8 Å². The molecule has 1 fully saturated rings. The number of furan rings is 1. The van der Waals surface area contributed by atoms with Crippen LogP contribution in [0.5, 0.6) is 0 Å². The van der Waals surface area contributed by atoms with Gasteiger partial charge in [-0.25, -0.2) is 0 Å². The van der Waals surface area contributed by atoms with Gasteiger partial charge in [-0.3, -0.25) is 4.57 Å². The van der Waals surface area contributed by atoms with E-state index in [1.54, 1.807) is 6.26 Å². The van der Waals surface area contributed by atoms with Crippen molar-refractivity contribution in [2.24, 2.45) is 0 Å². The second-order valence-corrected chi connectivity index (χ2v) is 7.79. The summed E-state index contributed by atoms with van der Waals surface area (Å²) in [5.41, 5.74) is 2.32. The molecule has 2 aromatic heterocycles. The van der Waals surface area contributed by atoms with E-state index >= 15 is 0 Å². The lowest BCUT2D eigenvalue weighted by atomic mass is 10.2. The van der Waals surface area contributed by atoms with E-state index in [9.17, 15) is 0 Å². The first-order valence-electron chi connectivity index (χ1n) is 10.8. The lowest BCUT2D eigenvalue weighted by Gasteiger charge is -2.32. The summed E-state index contributed by atoms with van der Waals surface area (Å²) < 4.78 is 19.6. The van der Waals surface area contributed by atoms with Crippen molar-refractivity contribution < 1.29 is 13.9 Å². The largest absolute Gasteiger partial charge is 0.467 e. The second-order valence-electron chi connectivity index (χ2n) is 7.79. The fraction of sp³-hybridized carbons (Fsp3) is 0.280. The highest BCUT2D eigenvalue weighted by molar-refractivity contribution is 5.34. The molecule has 1 saturated heterocycles. The Balaban J connectivity index is 1.36. The molecule has 4 aromatic rings. The Kier molecular flexibility index (Phi) is 6.28. The number of benzene rings is 2. The zero-order valence-electron chi connectivity index (χ0n) is 17.8. The van der Waals surface area contributed by atoms with Crippen LogP contribution in [-0.4, -0.2) is 34.5 Å². The first-order chi connectivity index (χ1) is 15.9. The van der Waals surface area contributed by atoms with Crippen molar-refractivity contribution in [2.75, 3.05) is 24.6 Å². The maximum Gasteiger partial charge on any atom is 0.227 e. The Morgan fingerprint density at radius 3 is 2.41 bits per heavy atom. The number of rotatable bonds is 8. The Hall–Kier alpha value is -3.42. The molecule has 7 heteroatoms. The quantitative estimate of drug-likeness (QED) is 0.417. The third kappa shape index (κ3) is 4.74. The first-order valence-corrected chi connectivity index (χ1v) is 10.8. The van der Waals surface area contributed by atoms with E-state index in [0.717, 1.165) is 29.6 Å². The van der Waals surface area contributed by atoms with Crippen LogP contribution in [0.3, 0.4) is 0 Å². The van der Waals surface area contributed by atoms with Crippen molar-refractivity contribution >= 4 is 5.95 Å². The van der Waals surface area contributed by atoms with Gasteiger partial charge in [0.25, 0.3) is 0 Å². The molecule has 1 aliphatic rings. The molecule has 0 aliphatic carbocycles. The highest BCUT2D eigenvalue weighted by Gasteiger charge is 2.28. The monoisotopic (exact) mass is 430 g/mol. The minimum Gasteiger partial charge on any atom is -0.467 e. The molecule has 0 N–H and O–H groups in total. The van der Waals surface area contributed by atoms with Gasteiger partial charge in [0.05, 0.1) is 32.6 Å². The fourth-order valence-corrected chi connectivity index (χ4v) is 3.91. The molecule has 0 amide bonds. The van der Waals surface area contributed by atoms with Gasteiger partial charge in [-0.05, 0) is 23.3 Å². The Bertz CT molecular complexity index is 1100. The van der Waals surface area contributed by atoms with Crippen LogP contribution in [0.4, 0.5) is 5.95 Å². The van der Waals surface area contributed by atoms with Gasteiger partial charge in [-0.1, -0.05) is 60.7 Å². The fourth-order valence-electron chi connectivity index (χ4n) is 3.91. The van der Waals surface area contributed by atoms with Crippen LogP contribution >= 0.6 is 0 Å². The first kappa shape index (κ1) is 20.5. The lowest BCUT2D eigenvalue weighted by Crippen LogP contribution is -2.40. The number of nitrogens with zero attached hydrogens (tertiary/aromatic N) is 4. The summed E-state index contributed by atoms with van der Waals surface area (Å²) in [6, 6.07) is 24.3. The maximum absolute atomic E-state index is 5.98.